The lowest BCUT2D eigenvalue weighted by Crippen LogP contribution is -2.29. The molecule has 1 aromatic carbocycles. The predicted molar refractivity (Wildman–Crippen MR) is 83.3 cm³/mol. The molecular weight excluding hydrogens is 280 g/mol. The number of benzene rings is 1. The number of rotatable bonds is 4. The van der Waals surface area contributed by atoms with Crippen molar-refractivity contribution >= 4 is 11.6 Å². The summed E-state index contributed by atoms with van der Waals surface area (Å²) in [5.41, 5.74) is 4.82. The van der Waals surface area contributed by atoms with Crippen molar-refractivity contribution in [2.24, 2.45) is 0 Å². The second kappa shape index (κ2) is 5.83. The molecule has 0 saturated carbocycles. The third-order valence-electron chi connectivity index (χ3n) is 4.10. The van der Waals surface area contributed by atoms with Crippen LogP contribution in [0.3, 0.4) is 0 Å². The minimum Gasteiger partial charge on any atom is -0.479 e. The predicted octanol–water partition coefficient (Wildman–Crippen LogP) is 2.82. The van der Waals surface area contributed by atoms with Gasteiger partial charge < -0.3 is 14.2 Å². The van der Waals surface area contributed by atoms with Gasteiger partial charge in [0.1, 0.15) is 5.76 Å². The molecule has 0 fully saturated rings. The van der Waals surface area contributed by atoms with Crippen LogP contribution in [0.1, 0.15) is 28.9 Å². The van der Waals surface area contributed by atoms with Crippen LogP contribution in [0.4, 0.5) is 5.69 Å². The Balaban J connectivity index is 1.70. The van der Waals surface area contributed by atoms with Gasteiger partial charge in [-0.05, 0) is 48.2 Å². The third-order valence-corrected chi connectivity index (χ3v) is 4.10. The van der Waals surface area contributed by atoms with E-state index in [4.69, 9.17) is 9.26 Å². The smallest absolute Gasteiger partial charge is 0.254 e. The molecule has 0 aliphatic carbocycles. The van der Waals surface area contributed by atoms with Gasteiger partial charge in [-0.15, -0.1) is 0 Å². The van der Waals surface area contributed by atoms with E-state index in [-0.39, 0.29) is 5.91 Å². The molecule has 5 nitrogen and oxygen atoms in total. The van der Waals surface area contributed by atoms with E-state index < -0.39 is 0 Å². The molecule has 1 amide bonds. The molecule has 0 unspecified atom stereocenters. The average Bonchev–Trinajstić information content (AvgIpc) is 3.11. The van der Waals surface area contributed by atoms with Crippen LogP contribution in [0.25, 0.3) is 0 Å². The van der Waals surface area contributed by atoms with Crippen molar-refractivity contribution in [3.8, 4) is 5.88 Å². The van der Waals surface area contributed by atoms with E-state index in [1.165, 1.54) is 16.7 Å². The summed E-state index contributed by atoms with van der Waals surface area (Å²) in [5.74, 6) is 1.24. The van der Waals surface area contributed by atoms with E-state index in [1.807, 2.05) is 4.90 Å². The van der Waals surface area contributed by atoms with Gasteiger partial charge in [-0.3, -0.25) is 4.79 Å². The minimum atomic E-state index is 0.124. The van der Waals surface area contributed by atoms with Crippen LogP contribution >= 0.6 is 0 Å². The monoisotopic (exact) mass is 300 g/mol. The lowest BCUT2D eigenvalue weighted by atomic mass is 10.0. The number of carbonyl (C=O) groups excluding carboxylic acids is 1. The van der Waals surface area contributed by atoms with Crippen molar-refractivity contribution in [2.45, 2.75) is 33.1 Å². The standard InChI is InChI=1S/C17H20N2O3/c1-11-8-12(2)14-6-7-19(15(14)9-11)17(20)5-4-13-10-16(21-3)18-22-13/h8-10H,4-7H2,1-3H3. The fourth-order valence-corrected chi connectivity index (χ4v) is 3.02. The maximum atomic E-state index is 12.5. The first kappa shape index (κ1) is 14.6. The van der Waals surface area contributed by atoms with Gasteiger partial charge in [-0.25, -0.2) is 0 Å². The Morgan fingerprint density at radius 2 is 2.18 bits per heavy atom. The maximum absolute atomic E-state index is 12.5. The number of aromatic nitrogens is 1. The summed E-state index contributed by atoms with van der Waals surface area (Å²) < 4.78 is 10.1. The van der Waals surface area contributed by atoms with Crippen molar-refractivity contribution in [2.75, 3.05) is 18.6 Å². The summed E-state index contributed by atoms with van der Waals surface area (Å²) >= 11 is 0. The number of methoxy groups -OCH3 is 1. The van der Waals surface area contributed by atoms with Gasteiger partial charge in [0.05, 0.1) is 7.11 Å². The molecule has 0 spiro atoms. The maximum Gasteiger partial charge on any atom is 0.254 e. The number of ether oxygens (including phenoxy) is 1. The largest absolute Gasteiger partial charge is 0.479 e. The van der Waals surface area contributed by atoms with Crippen molar-refractivity contribution in [3.05, 3.63) is 40.6 Å². The number of aryl methyl sites for hydroxylation is 3. The van der Waals surface area contributed by atoms with Crippen LogP contribution in [0.5, 0.6) is 5.88 Å². The van der Waals surface area contributed by atoms with Crippen molar-refractivity contribution < 1.29 is 14.1 Å². The van der Waals surface area contributed by atoms with Crippen molar-refractivity contribution in [1.29, 1.82) is 0 Å². The Morgan fingerprint density at radius 3 is 2.91 bits per heavy atom. The zero-order chi connectivity index (χ0) is 15.7. The Morgan fingerprint density at radius 1 is 1.36 bits per heavy atom. The normalized spacial score (nSPS) is 13.3. The van der Waals surface area contributed by atoms with E-state index in [9.17, 15) is 4.79 Å². The molecule has 3 rings (SSSR count). The number of amides is 1. The highest BCUT2D eigenvalue weighted by Crippen LogP contribution is 2.32. The highest BCUT2D eigenvalue weighted by molar-refractivity contribution is 5.95. The van der Waals surface area contributed by atoms with E-state index in [1.54, 1.807) is 13.2 Å². The molecule has 0 radical (unpaired) electrons. The Kier molecular flexibility index (Phi) is 3.88. The molecule has 0 saturated heterocycles. The molecule has 116 valence electrons. The highest BCUT2D eigenvalue weighted by atomic mass is 16.5. The van der Waals surface area contributed by atoms with Crippen LogP contribution in [-0.2, 0) is 17.6 Å². The van der Waals surface area contributed by atoms with E-state index in [0.29, 0.717) is 24.5 Å². The van der Waals surface area contributed by atoms with E-state index in [2.05, 4.69) is 31.1 Å². The van der Waals surface area contributed by atoms with E-state index >= 15 is 0 Å². The molecule has 2 heterocycles. The summed E-state index contributed by atoms with van der Waals surface area (Å²) in [5, 5.41) is 3.75. The highest BCUT2D eigenvalue weighted by Gasteiger charge is 2.26. The first-order valence-corrected chi connectivity index (χ1v) is 7.48. The minimum absolute atomic E-state index is 0.124. The molecule has 0 N–H and O–H groups in total. The van der Waals surface area contributed by atoms with Crippen LogP contribution < -0.4 is 9.64 Å². The number of nitrogens with zero attached hydrogens (tertiary/aromatic N) is 2. The summed E-state index contributed by atoms with van der Waals surface area (Å²) in [6, 6.07) is 6.00. The second-order valence-corrected chi connectivity index (χ2v) is 5.71. The Bertz CT molecular complexity index is 706. The van der Waals surface area contributed by atoms with Gasteiger partial charge in [0, 0.05) is 31.1 Å². The van der Waals surface area contributed by atoms with Gasteiger partial charge in [-0.1, -0.05) is 6.07 Å². The Hall–Kier alpha value is -2.30. The molecule has 1 aliphatic rings. The summed E-state index contributed by atoms with van der Waals surface area (Å²) in [6.45, 7) is 4.94. The zero-order valence-corrected chi connectivity index (χ0v) is 13.2. The van der Waals surface area contributed by atoms with Crippen LogP contribution in [0, 0.1) is 13.8 Å². The fourth-order valence-electron chi connectivity index (χ4n) is 3.02. The zero-order valence-electron chi connectivity index (χ0n) is 13.2. The number of anilines is 1. The number of hydrogen-bond donors (Lipinski definition) is 0. The van der Waals surface area contributed by atoms with Gasteiger partial charge >= 0.3 is 0 Å². The summed E-state index contributed by atoms with van der Waals surface area (Å²) in [6.07, 6.45) is 1.87. The quantitative estimate of drug-likeness (QED) is 0.871. The van der Waals surface area contributed by atoms with Crippen molar-refractivity contribution in [3.63, 3.8) is 0 Å². The van der Waals surface area contributed by atoms with Crippen molar-refractivity contribution in [1.82, 2.24) is 5.16 Å². The molecule has 22 heavy (non-hydrogen) atoms. The van der Waals surface area contributed by atoms with Gasteiger partial charge in [0.2, 0.25) is 5.91 Å². The molecule has 0 atom stereocenters. The Labute approximate surface area is 129 Å². The topological polar surface area (TPSA) is 55.6 Å². The molecule has 1 aromatic heterocycles. The third kappa shape index (κ3) is 2.71. The average molecular weight is 300 g/mol. The first-order valence-electron chi connectivity index (χ1n) is 7.48. The molecular formula is C17H20N2O3. The van der Waals surface area contributed by atoms with Gasteiger partial charge in [0.15, 0.2) is 0 Å². The summed E-state index contributed by atoms with van der Waals surface area (Å²) in [7, 11) is 1.54. The molecule has 5 heteroatoms. The number of carbonyl (C=O) groups is 1. The molecule has 1 aliphatic heterocycles. The fraction of sp³-hybridized carbons (Fsp3) is 0.412. The molecule has 2 aromatic rings. The summed E-state index contributed by atoms with van der Waals surface area (Å²) in [4.78, 5) is 14.4. The number of hydrogen-bond acceptors (Lipinski definition) is 4. The SMILES string of the molecule is COc1cc(CCC(=O)N2CCc3c(C)cc(C)cc32)on1. The van der Waals surface area contributed by atoms with Crippen LogP contribution in [0.2, 0.25) is 0 Å². The van der Waals surface area contributed by atoms with Crippen LogP contribution in [0.15, 0.2) is 22.7 Å². The first-order chi connectivity index (χ1) is 10.6. The van der Waals surface area contributed by atoms with Gasteiger partial charge in [0.25, 0.3) is 5.88 Å². The molecule has 0 bridgehead atoms. The van der Waals surface area contributed by atoms with E-state index in [0.717, 1.165) is 18.7 Å². The van der Waals surface area contributed by atoms with Gasteiger partial charge in [-0.2, -0.15) is 0 Å². The second-order valence-electron chi connectivity index (χ2n) is 5.71. The lowest BCUT2D eigenvalue weighted by Gasteiger charge is -2.18. The lowest BCUT2D eigenvalue weighted by molar-refractivity contribution is -0.118. The van der Waals surface area contributed by atoms with Crippen LogP contribution in [-0.4, -0.2) is 24.7 Å². The number of fused-ring (bicyclic) bond motifs is 1.